The van der Waals surface area contributed by atoms with Crippen LogP contribution < -0.4 is 10.6 Å². The molecule has 1 atom stereocenters. The number of rotatable bonds is 3. The molecule has 1 saturated heterocycles. The molecule has 2 N–H and O–H groups in total. The lowest BCUT2D eigenvalue weighted by atomic mass is 10.0. The van der Waals surface area contributed by atoms with E-state index in [2.05, 4.69) is 10.6 Å². The third kappa shape index (κ3) is 2.74. The van der Waals surface area contributed by atoms with E-state index >= 15 is 0 Å². The van der Waals surface area contributed by atoms with Crippen molar-refractivity contribution in [3.8, 4) is 0 Å². The first-order valence-electron chi connectivity index (χ1n) is 6.04. The number of hydrogen-bond acceptors (Lipinski definition) is 2. The first-order chi connectivity index (χ1) is 8.59. The van der Waals surface area contributed by atoms with Crippen molar-refractivity contribution in [2.24, 2.45) is 0 Å². The van der Waals surface area contributed by atoms with Gasteiger partial charge in [-0.05, 0) is 31.1 Å². The second-order valence-electron chi connectivity index (χ2n) is 4.55. The fourth-order valence-electron chi connectivity index (χ4n) is 1.88. The van der Waals surface area contributed by atoms with E-state index in [1.807, 2.05) is 38.1 Å². The van der Waals surface area contributed by atoms with Crippen LogP contribution in [-0.4, -0.2) is 19.0 Å². The van der Waals surface area contributed by atoms with Gasteiger partial charge < -0.3 is 10.6 Å². The van der Waals surface area contributed by atoms with Crippen molar-refractivity contribution in [2.45, 2.75) is 19.9 Å². The lowest BCUT2D eigenvalue weighted by Gasteiger charge is -2.23. The van der Waals surface area contributed by atoms with Gasteiger partial charge in [0.05, 0.1) is 6.04 Å². The Balaban J connectivity index is 2.06. The molecule has 0 spiro atoms. The predicted octanol–water partition coefficient (Wildman–Crippen LogP) is 2.44. The van der Waals surface area contributed by atoms with Gasteiger partial charge in [0, 0.05) is 23.7 Å². The molecule has 1 heterocycles. The van der Waals surface area contributed by atoms with Gasteiger partial charge in [0.15, 0.2) is 0 Å². The molecular weight excluding hydrogens is 248 g/mol. The Hall–Kier alpha value is -1.32. The quantitative estimate of drug-likeness (QED) is 0.824. The number of amides is 1. The summed E-state index contributed by atoms with van der Waals surface area (Å²) < 4.78 is 0. The van der Waals surface area contributed by atoms with Crippen LogP contribution in [0.2, 0.25) is 5.02 Å². The Morgan fingerprint density at radius 3 is 2.61 bits per heavy atom. The Kier molecular flexibility index (Phi) is 4.04. The molecule has 1 fully saturated rings. The van der Waals surface area contributed by atoms with Gasteiger partial charge in [-0.15, -0.1) is 0 Å². The van der Waals surface area contributed by atoms with Crippen molar-refractivity contribution in [3.05, 3.63) is 46.0 Å². The van der Waals surface area contributed by atoms with E-state index in [-0.39, 0.29) is 11.9 Å². The molecule has 18 heavy (non-hydrogen) atoms. The number of nitrogens with one attached hydrogen (secondary N) is 2. The average molecular weight is 265 g/mol. The molecule has 1 aliphatic heterocycles. The molecule has 1 amide bonds. The number of hydrogen-bond donors (Lipinski definition) is 2. The van der Waals surface area contributed by atoms with Crippen LogP contribution in [0.15, 0.2) is 35.4 Å². The first kappa shape index (κ1) is 13.1. The summed E-state index contributed by atoms with van der Waals surface area (Å²) >= 11 is 6.11. The zero-order valence-electron chi connectivity index (χ0n) is 10.6. The molecule has 4 heteroatoms. The topological polar surface area (TPSA) is 41.1 Å². The maximum absolute atomic E-state index is 12.0. The standard InChI is InChI=1S/C14H17ClN2O/c1-9(11-7-16-8-11)14(18)17-10(2)12-5-3-4-6-13(12)15/h3-6,10,16H,7-8H2,1-2H3,(H,17,18)/t10-/m1/s1. The third-order valence-electron chi connectivity index (χ3n) is 3.27. The zero-order valence-corrected chi connectivity index (χ0v) is 11.3. The van der Waals surface area contributed by atoms with Crippen LogP contribution in [-0.2, 0) is 4.79 Å². The minimum Gasteiger partial charge on any atom is -0.346 e. The molecule has 0 radical (unpaired) electrons. The summed E-state index contributed by atoms with van der Waals surface area (Å²) in [5, 5.41) is 6.79. The molecule has 0 aromatic heterocycles. The molecule has 1 aromatic rings. The molecule has 1 aliphatic rings. The van der Waals surface area contributed by atoms with Crippen molar-refractivity contribution in [2.75, 3.05) is 13.1 Å². The Labute approximate surface area is 112 Å². The summed E-state index contributed by atoms with van der Waals surface area (Å²) in [4.78, 5) is 12.0. The highest BCUT2D eigenvalue weighted by Crippen LogP contribution is 2.22. The maximum Gasteiger partial charge on any atom is 0.247 e. The second kappa shape index (κ2) is 5.55. The number of halogens is 1. The van der Waals surface area contributed by atoms with Crippen LogP contribution in [0.1, 0.15) is 25.5 Å². The van der Waals surface area contributed by atoms with Crippen LogP contribution >= 0.6 is 11.6 Å². The van der Waals surface area contributed by atoms with Crippen molar-refractivity contribution in [1.29, 1.82) is 0 Å². The largest absolute Gasteiger partial charge is 0.346 e. The minimum absolute atomic E-state index is 0.0149. The summed E-state index contributed by atoms with van der Waals surface area (Å²) in [6.45, 7) is 5.44. The lowest BCUT2D eigenvalue weighted by molar-refractivity contribution is -0.118. The Morgan fingerprint density at radius 2 is 2.06 bits per heavy atom. The average Bonchev–Trinajstić information content (AvgIpc) is 2.26. The smallest absolute Gasteiger partial charge is 0.247 e. The van der Waals surface area contributed by atoms with E-state index < -0.39 is 0 Å². The van der Waals surface area contributed by atoms with Crippen molar-refractivity contribution in [3.63, 3.8) is 0 Å². The molecule has 96 valence electrons. The van der Waals surface area contributed by atoms with Gasteiger partial charge in [-0.3, -0.25) is 4.79 Å². The van der Waals surface area contributed by atoms with Gasteiger partial charge in [0.1, 0.15) is 0 Å². The van der Waals surface area contributed by atoms with Crippen molar-refractivity contribution >= 4 is 17.5 Å². The van der Waals surface area contributed by atoms with Crippen molar-refractivity contribution < 1.29 is 4.79 Å². The van der Waals surface area contributed by atoms with Crippen LogP contribution in [0, 0.1) is 0 Å². The summed E-state index contributed by atoms with van der Waals surface area (Å²) in [6.07, 6.45) is 0. The second-order valence-corrected chi connectivity index (χ2v) is 4.96. The molecular formula is C14H17ClN2O. The fourth-order valence-corrected chi connectivity index (χ4v) is 2.18. The molecule has 3 nitrogen and oxygen atoms in total. The van der Waals surface area contributed by atoms with E-state index in [0.717, 1.165) is 24.2 Å². The summed E-state index contributed by atoms with van der Waals surface area (Å²) in [5.74, 6) is -0.0149. The summed E-state index contributed by atoms with van der Waals surface area (Å²) in [5.41, 5.74) is 2.93. The highest BCUT2D eigenvalue weighted by atomic mass is 35.5. The van der Waals surface area contributed by atoms with E-state index in [1.165, 1.54) is 5.57 Å². The van der Waals surface area contributed by atoms with E-state index in [4.69, 9.17) is 11.6 Å². The van der Waals surface area contributed by atoms with Gasteiger partial charge in [-0.2, -0.15) is 0 Å². The molecule has 0 saturated carbocycles. The van der Waals surface area contributed by atoms with E-state index in [0.29, 0.717) is 5.02 Å². The Bertz CT molecular complexity index is 490. The van der Waals surface area contributed by atoms with Gasteiger partial charge in [0.2, 0.25) is 5.91 Å². The molecule has 1 aromatic carbocycles. The highest BCUT2D eigenvalue weighted by molar-refractivity contribution is 6.31. The third-order valence-corrected chi connectivity index (χ3v) is 3.61. The SMILES string of the molecule is CC(C(=O)N[C@H](C)c1ccccc1Cl)=C1CNC1. The van der Waals surface area contributed by atoms with Gasteiger partial charge in [0.25, 0.3) is 0 Å². The number of carbonyl (C=O) groups excluding carboxylic acids is 1. The van der Waals surface area contributed by atoms with Crippen LogP contribution in [0.5, 0.6) is 0 Å². The van der Waals surface area contributed by atoms with E-state index in [1.54, 1.807) is 0 Å². The van der Waals surface area contributed by atoms with Gasteiger partial charge >= 0.3 is 0 Å². The van der Waals surface area contributed by atoms with E-state index in [9.17, 15) is 4.79 Å². The monoisotopic (exact) mass is 264 g/mol. The summed E-state index contributed by atoms with van der Waals surface area (Å²) in [6, 6.07) is 7.48. The molecule has 2 rings (SSSR count). The Morgan fingerprint density at radius 1 is 1.39 bits per heavy atom. The number of carbonyl (C=O) groups is 1. The maximum atomic E-state index is 12.0. The molecule has 0 unspecified atom stereocenters. The van der Waals surface area contributed by atoms with Crippen LogP contribution in [0.3, 0.4) is 0 Å². The predicted molar refractivity (Wildman–Crippen MR) is 73.6 cm³/mol. The first-order valence-corrected chi connectivity index (χ1v) is 6.42. The number of benzene rings is 1. The van der Waals surface area contributed by atoms with Crippen molar-refractivity contribution in [1.82, 2.24) is 10.6 Å². The molecule has 0 aliphatic carbocycles. The minimum atomic E-state index is -0.0882. The highest BCUT2D eigenvalue weighted by Gasteiger charge is 2.18. The van der Waals surface area contributed by atoms with Crippen LogP contribution in [0.25, 0.3) is 0 Å². The normalized spacial score (nSPS) is 15.8. The molecule has 0 bridgehead atoms. The lowest BCUT2D eigenvalue weighted by Crippen LogP contribution is -2.38. The van der Waals surface area contributed by atoms with Gasteiger partial charge in [-0.25, -0.2) is 0 Å². The summed E-state index contributed by atoms with van der Waals surface area (Å²) in [7, 11) is 0. The van der Waals surface area contributed by atoms with Crippen LogP contribution in [0.4, 0.5) is 0 Å². The van der Waals surface area contributed by atoms with Gasteiger partial charge in [-0.1, -0.05) is 29.8 Å². The zero-order chi connectivity index (χ0) is 13.1. The fraction of sp³-hybridized carbons (Fsp3) is 0.357.